The number of ether oxygens (including phenoxy) is 1. The summed E-state index contributed by atoms with van der Waals surface area (Å²) in [4.78, 5) is 83.8. The van der Waals surface area contributed by atoms with Crippen LogP contribution in [0.5, 0.6) is 11.5 Å². The van der Waals surface area contributed by atoms with Crippen LogP contribution in [0.1, 0.15) is 121 Å². The Kier molecular flexibility index (Phi) is 22.4. The Morgan fingerprint density at radius 1 is 0.638 bits per heavy atom. The molecule has 3 aromatic carbocycles. The average molecular weight is 951 g/mol. The highest BCUT2D eigenvalue weighted by molar-refractivity contribution is 5.99. The number of fused-ring (bicyclic) bond motifs is 1. The van der Waals surface area contributed by atoms with Gasteiger partial charge in [-0.15, -0.1) is 0 Å². The van der Waals surface area contributed by atoms with E-state index in [1.165, 1.54) is 0 Å². The van der Waals surface area contributed by atoms with Crippen molar-refractivity contribution in [1.29, 1.82) is 0 Å². The van der Waals surface area contributed by atoms with Gasteiger partial charge in [0.05, 0.1) is 29.8 Å². The van der Waals surface area contributed by atoms with E-state index in [0.717, 1.165) is 29.4 Å². The Labute approximate surface area is 407 Å². The van der Waals surface area contributed by atoms with E-state index in [9.17, 15) is 33.9 Å². The molecule has 0 aliphatic heterocycles. The summed E-state index contributed by atoms with van der Waals surface area (Å²) in [6.07, 6.45) is 4.31. The van der Waals surface area contributed by atoms with E-state index in [4.69, 9.17) is 4.74 Å². The van der Waals surface area contributed by atoms with Crippen molar-refractivity contribution in [2.75, 3.05) is 25.0 Å². The molecule has 0 radical (unpaired) electrons. The van der Waals surface area contributed by atoms with Gasteiger partial charge < -0.3 is 47.1 Å². The molecule has 8 N–H and O–H groups in total. The third kappa shape index (κ3) is 18.1. The minimum Gasteiger partial charge on any atom is -0.457 e. The third-order valence-electron chi connectivity index (χ3n) is 11.7. The SMILES string of the molecule is CCCCNC(=O)C[C@H](O)[C@H](CC(C)C)NC(=O)[C@@H](NC(=O)c1ccc(Oc2ccc(C(=O)N[C@@H](CC(C)C)C(=O)N[C@@H](C)C(=O)NCCCNc3cccc4cccnc34)cc2)cc1)C(C)CC. The molecule has 0 aliphatic rings. The first kappa shape index (κ1) is 55.0. The van der Waals surface area contributed by atoms with Crippen LogP contribution in [0.25, 0.3) is 10.9 Å². The molecule has 16 nitrogen and oxygen atoms in total. The molecule has 16 heteroatoms. The number of hydrogen-bond donors (Lipinski definition) is 8. The van der Waals surface area contributed by atoms with Crippen molar-refractivity contribution in [2.24, 2.45) is 17.8 Å². The van der Waals surface area contributed by atoms with Crippen LogP contribution in [0, 0.1) is 17.8 Å². The lowest BCUT2D eigenvalue weighted by Crippen LogP contribution is -2.55. The van der Waals surface area contributed by atoms with Gasteiger partial charge in [0.25, 0.3) is 11.8 Å². The number of pyridine rings is 1. The zero-order valence-electron chi connectivity index (χ0n) is 41.5. The molecule has 6 atom stereocenters. The van der Waals surface area contributed by atoms with Gasteiger partial charge in [0.15, 0.2) is 0 Å². The highest BCUT2D eigenvalue weighted by Gasteiger charge is 2.32. The van der Waals surface area contributed by atoms with E-state index in [2.05, 4.69) is 42.2 Å². The van der Waals surface area contributed by atoms with E-state index in [1.807, 2.05) is 78.8 Å². The van der Waals surface area contributed by atoms with Gasteiger partial charge in [0.2, 0.25) is 23.6 Å². The first-order valence-electron chi connectivity index (χ1n) is 24.4. The van der Waals surface area contributed by atoms with Gasteiger partial charge in [-0.3, -0.25) is 33.8 Å². The topological polar surface area (TPSA) is 229 Å². The molecule has 69 heavy (non-hydrogen) atoms. The van der Waals surface area contributed by atoms with Crippen LogP contribution in [0.3, 0.4) is 0 Å². The first-order valence-corrected chi connectivity index (χ1v) is 24.4. The van der Waals surface area contributed by atoms with E-state index in [-0.39, 0.29) is 36.0 Å². The summed E-state index contributed by atoms with van der Waals surface area (Å²) >= 11 is 0. The van der Waals surface area contributed by atoms with Crippen molar-refractivity contribution in [2.45, 2.75) is 131 Å². The summed E-state index contributed by atoms with van der Waals surface area (Å²) < 4.78 is 6.00. The number of aliphatic hydroxyl groups is 1. The van der Waals surface area contributed by atoms with Crippen LogP contribution < -0.4 is 42.0 Å². The maximum absolute atomic E-state index is 13.7. The second-order valence-electron chi connectivity index (χ2n) is 18.5. The number of nitrogens with zero attached hydrogens (tertiary/aromatic N) is 1. The highest BCUT2D eigenvalue weighted by atomic mass is 16.5. The number of rotatable bonds is 28. The standard InChI is InChI=1S/C53H74N8O8/c1-9-11-26-55-46(63)32-45(62)43(30-33(3)4)59-53(68)47(35(7)10-2)61-51(66)39-20-24-41(25-21-39)69-40-22-18-38(19-23-40)50(65)60-44(31-34(5)6)52(67)58-36(8)49(64)57-29-14-28-54-42-17-12-15-37-16-13-27-56-48(37)42/h12-13,15-25,27,33-36,43-45,47,54,62H,9-11,14,26,28-32H2,1-8H3,(H,55,63)(H,57,64)(H,58,67)(H,59,68)(H,60,65)(H,61,66)/t35?,36-,43-,44-,45-,47-/m0/s1. The summed E-state index contributed by atoms with van der Waals surface area (Å²) in [7, 11) is 0. The Balaban J connectivity index is 1.27. The van der Waals surface area contributed by atoms with Crippen LogP contribution in [-0.4, -0.2) is 95.4 Å². The zero-order valence-corrected chi connectivity index (χ0v) is 41.5. The smallest absolute Gasteiger partial charge is 0.251 e. The van der Waals surface area contributed by atoms with Gasteiger partial charge in [-0.1, -0.05) is 79.5 Å². The molecular weight excluding hydrogens is 877 g/mol. The molecule has 0 fully saturated rings. The maximum atomic E-state index is 13.7. The predicted molar refractivity (Wildman–Crippen MR) is 270 cm³/mol. The van der Waals surface area contributed by atoms with Gasteiger partial charge in [0, 0.05) is 42.3 Å². The number of aromatic nitrogens is 1. The zero-order chi connectivity index (χ0) is 50.5. The molecule has 1 heterocycles. The molecule has 0 aliphatic carbocycles. The lowest BCUT2D eigenvalue weighted by atomic mass is 9.94. The van der Waals surface area contributed by atoms with Crippen LogP contribution >= 0.6 is 0 Å². The second kappa shape index (κ2) is 28.1. The predicted octanol–water partition coefficient (Wildman–Crippen LogP) is 6.64. The van der Waals surface area contributed by atoms with E-state index in [0.29, 0.717) is 67.9 Å². The molecule has 0 spiro atoms. The second-order valence-corrected chi connectivity index (χ2v) is 18.5. The molecule has 4 rings (SSSR count). The minimum atomic E-state index is -1.10. The summed E-state index contributed by atoms with van der Waals surface area (Å²) in [5, 5.41) is 32.5. The molecule has 0 saturated heterocycles. The van der Waals surface area contributed by atoms with Crippen LogP contribution in [0.4, 0.5) is 5.69 Å². The quantitative estimate of drug-likeness (QED) is 0.0283. The third-order valence-corrected chi connectivity index (χ3v) is 11.7. The fourth-order valence-electron chi connectivity index (χ4n) is 7.56. The van der Waals surface area contributed by atoms with Crippen molar-refractivity contribution in [3.63, 3.8) is 0 Å². The number of para-hydroxylation sites is 1. The molecule has 1 aromatic heterocycles. The molecule has 4 aromatic rings. The normalized spacial score (nSPS) is 13.8. The highest BCUT2D eigenvalue weighted by Crippen LogP contribution is 2.24. The van der Waals surface area contributed by atoms with Crippen molar-refractivity contribution in [3.8, 4) is 11.5 Å². The van der Waals surface area contributed by atoms with Crippen LogP contribution in [0.2, 0.25) is 0 Å². The number of benzene rings is 3. The fourth-order valence-corrected chi connectivity index (χ4v) is 7.56. The summed E-state index contributed by atoms with van der Waals surface area (Å²) in [5.41, 5.74) is 2.39. The first-order chi connectivity index (χ1) is 33.0. The Morgan fingerprint density at radius 3 is 1.86 bits per heavy atom. The Bertz CT molecular complexity index is 2280. The average Bonchev–Trinajstić information content (AvgIpc) is 3.32. The molecular formula is C53H74N8O8. The number of amides is 6. The Hall–Kier alpha value is -6.55. The largest absolute Gasteiger partial charge is 0.457 e. The number of unbranched alkanes of at least 4 members (excludes halogenated alkanes) is 1. The molecule has 1 unspecified atom stereocenters. The lowest BCUT2D eigenvalue weighted by Gasteiger charge is -2.30. The summed E-state index contributed by atoms with van der Waals surface area (Å²) in [6, 6.07) is 19.3. The molecule has 0 saturated carbocycles. The van der Waals surface area contributed by atoms with Crippen molar-refractivity contribution < 1.29 is 38.6 Å². The molecule has 374 valence electrons. The lowest BCUT2D eigenvalue weighted by molar-refractivity contribution is -0.129. The van der Waals surface area contributed by atoms with E-state index >= 15 is 0 Å². The number of carbonyl (C=O) groups is 6. The minimum absolute atomic E-state index is 0.0673. The van der Waals surface area contributed by atoms with E-state index < -0.39 is 53.9 Å². The number of aliphatic hydroxyl groups excluding tert-OH is 1. The van der Waals surface area contributed by atoms with Gasteiger partial charge in [0.1, 0.15) is 29.6 Å². The number of anilines is 1. The maximum Gasteiger partial charge on any atom is 0.251 e. The van der Waals surface area contributed by atoms with Gasteiger partial charge in [-0.05, 0) is 111 Å². The van der Waals surface area contributed by atoms with Gasteiger partial charge in [-0.25, -0.2) is 0 Å². The fraction of sp³-hybridized carbons (Fsp3) is 0.491. The van der Waals surface area contributed by atoms with Crippen LogP contribution in [0.15, 0.2) is 85.1 Å². The van der Waals surface area contributed by atoms with Crippen molar-refractivity contribution in [3.05, 3.63) is 96.2 Å². The van der Waals surface area contributed by atoms with Crippen LogP contribution in [-0.2, 0) is 19.2 Å². The van der Waals surface area contributed by atoms with Crippen molar-refractivity contribution in [1.82, 2.24) is 36.9 Å². The van der Waals surface area contributed by atoms with Gasteiger partial charge in [-0.2, -0.15) is 0 Å². The number of hydrogen-bond acceptors (Lipinski definition) is 10. The van der Waals surface area contributed by atoms with Crippen molar-refractivity contribution >= 4 is 52.0 Å². The number of nitrogens with one attached hydrogen (secondary N) is 7. The summed E-state index contributed by atoms with van der Waals surface area (Å²) in [6.45, 7) is 16.8. The molecule has 6 amide bonds. The number of carbonyl (C=O) groups excluding carboxylic acids is 6. The van der Waals surface area contributed by atoms with E-state index in [1.54, 1.807) is 61.7 Å². The Morgan fingerprint density at radius 2 is 1.25 bits per heavy atom. The molecule has 0 bridgehead atoms. The monoisotopic (exact) mass is 951 g/mol. The summed E-state index contributed by atoms with van der Waals surface area (Å²) in [5.74, 6) is -1.66. The van der Waals surface area contributed by atoms with Gasteiger partial charge >= 0.3 is 0 Å².